The number of thiophene rings is 1. The summed E-state index contributed by atoms with van der Waals surface area (Å²) in [7, 11) is 0. The number of hydrogen-bond donors (Lipinski definition) is 1. The number of nitrogen functional groups attached to an aromatic ring is 1. The second-order valence-electron chi connectivity index (χ2n) is 3.11. The molecule has 1 heterocycles. The minimum absolute atomic E-state index is 0.682. The van der Waals surface area contributed by atoms with Crippen LogP contribution in [0.2, 0.25) is 4.34 Å². The van der Waals surface area contributed by atoms with Crippen LogP contribution in [0.4, 0.5) is 5.69 Å². The highest BCUT2D eigenvalue weighted by Gasteiger charge is 2.11. The number of nitrogens with two attached hydrogens (primary N) is 1. The lowest BCUT2D eigenvalue weighted by Crippen LogP contribution is -1.85. The summed E-state index contributed by atoms with van der Waals surface area (Å²) in [5, 5.41) is 0. The normalized spacial score (nSPS) is 10.4. The summed E-state index contributed by atoms with van der Waals surface area (Å²) < 4.78 is 0.682. The molecular weight excluding hydrogens is 214 g/mol. The molecule has 2 rings (SSSR count). The van der Waals surface area contributed by atoms with Gasteiger partial charge in [-0.3, -0.25) is 0 Å². The molecule has 0 unspecified atom stereocenters. The highest BCUT2D eigenvalue weighted by atomic mass is 35.5. The van der Waals surface area contributed by atoms with E-state index in [1.165, 1.54) is 16.9 Å². The number of benzene rings is 1. The Labute approximate surface area is 92.1 Å². The number of anilines is 1. The second-order valence-corrected chi connectivity index (χ2v) is 4.73. The maximum absolute atomic E-state index is 5.98. The van der Waals surface area contributed by atoms with Gasteiger partial charge in [-0.15, -0.1) is 11.3 Å². The van der Waals surface area contributed by atoms with Gasteiger partial charge in [-0.2, -0.15) is 0 Å². The Bertz CT molecular complexity index is 448. The largest absolute Gasteiger partial charge is 0.397 e. The molecule has 72 valence electrons. The van der Waals surface area contributed by atoms with Crippen molar-refractivity contribution in [2.24, 2.45) is 0 Å². The first-order valence-electron chi connectivity index (χ1n) is 4.30. The Kier molecular flexibility index (Phi) is 2.48. The summed E-state index contributed by atoms with van der Waals surface area (Å²) in [4.78, 5) is 1.16. The van der Waals surface area contributed by atoms with Crippen LogP contribution in [0.1, 0.15) is 5.56 Å². The van der Waals surface area contributed by atoms with E-state index in [1.807, 2.05) is 25.1 Å². The van der Waals surface area contributed by atoms with Crippen LogP contribution in [-0.2, 0) is 0 Å². The molecule has 0 fully saturated rings. The molecule has 0 saturated carbocycles. The predicted molar refractivity (Wildman–Crippen MR) is 63.9 cm³/mol. The van der Waals surface area contributed by atoms with E-state index in [2.05, 4.69) is 12.1 Å². The van der Waals surface area contributed by atoms with Gasteiger partial charge in [-0.05, 0) is 18.1 Å². The Morgan fingerprint density at radius 2 is 1.86 bits per heavy atom. The van der Waals surface area contributed by atoms with Gasteiger partial charge in [0.15, 0.2) is 0 Å². The van der Waals surface area contributed by atoms with E-state index in [4.69, 9.17) is 17.3 Å². The van der Waals surface area contributed by atoms with E-state index in [0.717, 1.165) is 10.4 Å². The molecule has 0 aliphatic rings. The molecule has 14 heavy (non-hydrogen) atoms. The fourth-order valence-corrected chi connectivity index (χ4v) is 2.69. The lowest BCUT2D eigenvalue weighted by molar-refractivity contribution is 1.53. The van der Waals surface area contributed by atoms with Gasteiger partial charge in [-0.25, -0.2) is 0 Å². The minimum atomic E-state index is 0.682. The van der Waals surface area contributed by atoms with Gasteiger partial charge in [0, 0.05) is 4.88 Å². The highest BCUT2D eigenvalue weighted by Crippen LogP contribution is 2.40. The molecule has 0 saturated heterocycles. The fraction of sp³-hybridized carbons (Fsp3) is 0.0909. The third kappa shape index (κ3) is 1.51. The van der Waals surface area contributed by atoms with Gasteiger partial charge >= 0.3 is 0 Å². The van der Waals surface area contributed by atoms with Crippen LogP contribution in [0.3, 0.4) is 0 Å². The fourth-order valence-electron chi connectivity index (χ4n) is 1.36. The van der Waals surface area contributed by atoms with E-state index in [9.17, 15) is 0 Å². The molecule has 2 N–H and O–H groups in total. The zero-order valence-corrected chi connectivity index (χ0v) is 9.32. The average molecular weight is 224 g/mol. The van der Waals surface area contributed by atoms with Crippen LogP contribution >= 0.6 is 22.9 Å². The molecule has 0 aliphatic heterocycles. The molecule has 2 aromatic rings. The summed E-state index contributed by atoms with van der Waals surface area (Å²) in [6, 6.07) is 10.2. The first kappa shape index (κ1) is 9.56. The second kappa shape index (κ2) is 3.64. The molecule has 0 aliphatic carbocycles. The lowest BCUT2D eigenvalue weighted by atomic mass is 10.1. The van der Waals surface area contributed by atoms with Crippen molar-refractivity contribution in [3.05, 3.63) is 40.2 Å². The van der Waals surface area contributed by atoms with E-state index in [0.29, 0.717) is 10.0 Å². The monoisotopic (exact) mass is 223 g/mol. The molecule has 3 heteroatoms. The van der Waals surface area contributed by atoms with E-state index >= 15 is 0 Å². The van der Waals surface area contributed by atoms with Crippen molar-refractivity contribution in [2.45, 2.75) is 6.92 Å². The molecule has 0 radical (unpaired) electrons. The van der Waals surface area contributed by atoms with Crippen molar-refractivity contribution in [1.82, 2.24) is 0 Å². The average Bonchev–Trinajstić information content (AvgIpc) is 2.47. The molecular formula is C11H10ClNS. The summed E-state index contributed by atoms with van der Waals surface area (Å²) >= 11 is 7.51. The third-order valence-corrected chi connectivity index (χ3v) is 3.76. The molecule has 0 spiro atoms. The van der Waals surface area contributed by atoms with Crippen molar-refractivity contribution in [2.75, 3.05) is 5.73 Å². The zero-order chi connectivity index (χ0) is 10.1. The molecule has 0 amide bonds. The van der Waals surface area contributed by atoms with Crippen molar-refractivity contribution in [3.63, 3.8) is 0 Å². The Morgan fingerprint density at radius 1 is 1.21 bits per heavy atom. The zero-order valence-electron chi connectivity index (χ0n) is 7.75. The summed E-state index contributed by atoms with van der Waals surface area (Å²) in [5.74, 6) is 0. The number of hydrogen-bond acceptors (Lipinski definition) is 2. The first-order chi connectivity index (χ1) is 6.70. The van der Waals surface area contributed by atoms with Crippen LogP contribution < -0.4 is 5.73 Å². The topological polar surface area (TPSA) is 26.0 Å². The summed E-state index contributed by atoms with van der Waals surface area (Å²) in [6.07, 6.45) is 0. The number of halogens is 1. The smallest absolute Gasteiger partial charge is 0.117 e. The molecule has 0 atom stereocenters. The van der Waals surface area contributed by atoms with Crippen LogP contribution in [0.5, 0.6) is 0 Å². The molecule has 1 aromatic carbocycles. The van der Waals surface area contributed by atoms with E-state index in [1.54, 1.807) is 0 Å². The molecule has 1 nitrogen and oxygen atoms in total. The van der Waals surface area contributed by atoms with E-state index < -0.39 is 0 Å². The molecule has 0 bridgehead atoms. The Balaban J connectivity index is 2.58. The number of rotatable bonds is 1. The van der Waals surface area contributed by atoms with Crippen molar-refractivity contribution >= 4 is 28.6 Å². The van der Waals surface area contributed by atoms with Gasteiger partial charge in [0.25, 0.3) is 0 Å². The predicted octanol–water partition coefficient (Wildman–Crippen LogP) is 3.96. The van der Waals surface area contributed by atoms with Gasteiger partial charge in [0.2, 0.25) is 0 Å². The Hall–Kier alpha value is -0.990. The van der Waals surface area contributed by atoms with Gasteiger partial charge in [0.05, 0.1) is 5.69 Å². The first-order valence-corrected chi connectivity index (χ1v) is 5.49. The SMILES string of the molecule is Cc1c(-c2ccccc2)sc(Cl)c1N. The Morgan fingerprint density at radius 3 is 2.36 bits per heavy atom. The maximum Gasteiger partial charge on any atom is 0.117 e. The quantitative estimate of drug-likeness (QED) is 0.778. The maximum atomic E-state index is 5.98. The van der Waals surface area contributed by atoms with Crippen LogP contribution in [0.25, 0.3) is 10.4 Å². The van der Waals surface area contributed by atoms with Gasteiger partial charge in [-0.1, -0.05) is 41.9 Å². The van der Waals surface area contributed by atoms with Gasteiger partial charge < -0.3 is 5.73 Å². The lowest BCUT2D eigenvalue weighted by Gasteiger charge is -1.98. The van der Waals surface area contributed by atoms with Crippen molar-refractivity contribution in [3.8, 4) is 10.4 Å². The van der Waals surface area contributed by atoms with Crippen LogP contribution in [0.15, 0.2) is 30.3 Å². The van der Waals surface area contributed by atoms with Gasteiger partial charge in [0.1, 0.15) is 4.34 Å². The summed E-state index contributed by atoms with van der Waals surface area (Å²) in [5.41, 5.74) is 8.77. The molecule has 1 aromatic heterocycles. The summed E-state index contributed by atoms with van der Waals surface area (Å²) in [6.45, 7) is 2.00. The third-order valence-electron chi connectivity index (χ3n) is 2.18. The standard InChI is InChI=1S/C11H10ClNS/c1-7-9(13)11(12)14-10(7)8-5-3-2-4-6-8/h2-6H,13H2,1H3. The van der Waals surface area contributed by atoms with Crippen molar-refractivity contribution in [1.29, 1.82) is 0 Å². The van der Waals surface area contributed by atoms with Crippen LogP contribution in [-0.4, -0.2) is 0 Å². The van der Waals surface area contributed by atoms with E-state index in [-0.39, 0.29) is 0 Å². The van der Waals surface area contributed by atoms with Crippen molar-refractivity contribution < 1.29 is 0 Å². The van der Waals surface area contributed by atoms with Crippen LogP contribution in [0, 0.1) is 6.92 Å². The minimum Gasteiger partial charge on any atom is -0.397 e. The highest BCUT2D eigenvalue weighted by molar-refractivity contribution is 7.20.